The van der Waals surface area contributed by atoms with E-state index in [2.05, 4.69) is 9.88 Å². The van der Waals surface area contributed by atoms with Crippen molar-refractivity contribution in [2.24, 2.45) is 0 Å². The van der Waals surface area contributed by atoms with E-state index >= 15 is 0 Å². The number of aromatic nitrogens is 2. The molecule has 1 saturated carbocycles. The molecule has 5 nitrogen and oxygen atoms in total. The molecule has 1 aromatic rings. The number of rotatable bonds is 2. The number of fused-ring (bicyclic) bond motifs is 2. The monoisotopic (exact) mass is 260 g/mol. The van der Waals surface area contributed by atoms with Crippen molar-refractivity contribution in [1.82, 2.24) is 9.97 Å². The molecule has 4 rings (SSSR count). The maximum absolute atomic E-state index is 9.88. The molecular formula is C14H20N4O. The number of aliphatic hydroxyl groups excluding tert-OH is 1. The van der Waals surface area contributed by atoms with Crippen molar-refractivity contribution < 1.29 is 5.11 Å². The Kier molecular flexibility index (Phi) is 2.45. The van der Waals surface area contributed by atoms with E-state index in [1.807, 2.05) is 6.07 Å². The standard InChI is InChI=1S/C14H20N4O/c15-12-7-13(17-14(16-12)8-1-2-8)18-9-3-4-10(18)6-11(19)5-9/h7-11,19H,1-6H2,(H2,15,16,17). The Morgan fingerprint density at radius 2 is 1.79 bits per heavy atom. The van der Waals surface area contributed by atoms with Gasteiger partial charge in [0.15, 0.2) is 0 Å². The Bertz CT molecular complexity index is 488. The number of nitrogens with two attached hydrogens (primary N) is 1. The predicted molar refractivity (Wildman–Crippen MR) is 72.9 cm³/mol. The molecule has 0 radical (unpaired) electrons. The third-order valence-electron chi connectivity index (χ3n) is 4.66. The summed E-state index contributed by atoms with van der Waals surface area (Å²) in [5, 5.41) is 9.88. The van der Waals surface area contributed by atoms with Gasteiger partial charge >= 0.3 is 0 Å². The summed E-state index contributed by atoms with van der Waals surface area (Å²) >= 11 is 0. The Morgan fingerprint density at radius 3 is 2.42 bits per heavy atom. The first kappa shape index (κ1) is 11.5. The van der Waals surface area contributed by atoms with Crippen molar-refractivity contribution >= 4 is 11.6 Å². The highest BCUT2D eigenvalue weighted by atomic mass is 16.3. The first-order valence-corrected chi connectivity index (χ1v) is 7.31. The maximum atomic E-state index is 9.88. The summed E-state index contributed by atoms with van der Waals surface area (Å²) in [7, 11) is 0. The second-order valence-corrected chi connectivity index (χ2v) is 6.20. The molecule has 5 heteroatoms. The zero-order valence-electron chi connectivity index (χ0n) is 11.0. The highest BCUT2D eigenvalue weighted by molar-refractivity contribution is 5.51. The zero-order valence-corrected chi connectivity index (χ0v) is 11.0. The van der Waals surface area contributed by atoms with E-state index in [-0.39, 0.29) is 6.10 Å². The summed E-state index contributed by atoms with van der Waals surface area (Å²) in [4.78, 5) is 11.5. The van der Waals surface area contributed by atoms with Crippen LogP contribution in [0, 0.1) is 0 Å². The minimum Gasteiger partial charge on any atom is -0.393 e. The lowest BCUT2D eigenvalue weighted by atomic mass is 10.00. The number of hydrogen-bond acceptors (Lipinski definition) is 5. The van der Waals surface area contributed by atoms with E-state index in [4.69, 9.17) is 10.7 Å². The van der Waals surface area contributed by atoms with Crippen molar-refractivity contribution in [1.29, 1.82) is 0 Å². The van der Waals surface area contributed by atoms with Crippen LogP contribution in [0.4, 0.5) is 11.6 Å². The largest absolute Gasteiger partial charge is 0.393 e. The fraction of sp³-hybridized carbons (Fsp3) is 0.714. The van der Waals surface area contributed by atoms with Gasteiger partial charge in [0.2, 0.25) is 0 Å². The molecule has 3 N–H and O–H groups in total. The number of piperidine rings is 1. The summed E-state index contributed by atoms with van der Waals surface area (Å²) in [6.07, 6.45) is 6.27. The Hall–Kier alpha value is -1.36. The average Bonchev–Trinajstić information content (AvgIpc) is 3.15. The van der Waals surface area contributed by atoms with Crippen LogP contribution in [0.5, 0.6) is 0 Å². The molecule has 2 saturated heterocycles. The van der Waals surface area contributed by atoms with Gasteiger partial charge in [-0.1, -0.05) is 0 Å². The van der Waals surface area contributed by atoms with Gasteiger partial charge in [-0.15, -0.1) is 0 Å². The van der Waals surface area contributed by atoms with Crippen molar-refractivity contribution in [2.45, 2.75) is 62.6 Å². The predicted octanol–water partition coefficient (Wildman–Crippen LogP) is 1.43. The lowest BCUT2D eigenvalue weighted by molar-refractivity contribution is 0.126. The molecule has 3 aliphatic rings. The minimum absolute atomic E-state index is 0.143. The number of anilines is 2. The van der Waals surface area contributed by atoms with Crippen LogP contribution in [0.2, 0.25) is 0 Å². The van der Waals surface area contributed by atoms with Crippen LogP contribution in [0.1, 0.15) is 50.3 Å². The van der Waals surface area contributed by atoms with Crippen molar-refractivity contribution in [3.63, 3.8) is 0 Å². The number of hydrogen-bond donors (Lipinski definition) is 2. The second kappa shape index (κ2) is 4.07. The van der Waals surface area contributed by atoms with E-state index in [0.717, 1.165) is 37.3 Å². The number of aliphatic hydroxyl groups is 1. The normalized spacial score (nSPS) is 33.7. The van der Waals surface area contributed by atoms with Gasteiger partial charge in [0.25, 0.3) is 0 Å². The summed E-state index contributed by atoms with van der Waals surface area (Å²) in [6.45, 7) is 0. The highest BCUT2D eigenvalue weighted by Crippen LogP contribution is 2.42. The van der Waals surface area contributed by atoms with Gasteiger partial charge in [0.1, 0.15) is 17.5 Å². The lowest BCUT2D eigenvalue weighted by Gasteiger charge is -2.38. The van der Waals surface area contributed by atoms with E-state index < -0.39 is 0 Å². The molecule has 102 valence electrons. The molecule has 0 spiro atoms. The van der Waals surface area contributed by atoms with Crippen molar-refractivity contribution in [3.8, 4) is 0 Å². The molecule has 3 heterocycles. The van der Waals surface area contributed by atoms with Crippen LogP contribution in [0.3, 0.4) is 0 Å². The van der Waals surface area contributed by atoms with Gasteiger partial charge in [-0.3, -0.25) is 0 Å². The number of nitrogens with zero attached hydrogens (tertiary/aromatic N) is 3. The van der Waals surface area contributed by atoms with Gasteiger partial charge in [-0.2, -0.15) is 0 Å². The molecule has 3 fully saturated rings. The third kappa shape index (κ3) is 1.96. The smallest absolute Gasteiger partial charge is 0.136 e. The van der Waals surface area contributed by atoms with Crippen molar-refractivity contribution in [3.05, 3.63) is 11.9 Å². The average molecular weight is 260 g/mol. The molecular weight excluding hydrogens is 240 g/mol. The van der Waals surface area contributed by atoms with E-state index in [0.29, 0.717) is 23.8 Å². The van der Waals surface area contributed by atoms with Crippen LogP contribution in [0.25, 0.3) is 0 Å². The van der Waals surface area contributed by atoms with E-state index in [1.165, 1.54) is 12.8 Å². The SMILES string of the molecule is Nc1cc(N2C3CCC2CC(O)C3)nc(C2CC2)n1. The van der Waals surface area contributed by atoms with Crippen LogP contribution in [-0.4, -0.2) is 33.3 Å². The first-order valence-electron chi connectivity index (χ1n) is 7.31. The fourth-order valence-electron chi connectivity index (χ4n) is 3.65. The Morgan fingerprint density at radius 1 is 1.11 bits per heavy atom. The summed E-state index contributed by atoms with van der Waals surface area (Å²) in [6, 6.07) is 2.75. The Labute approximate surface area is 112 Å². The maximum Gasteiger partial charge on any atom is 0.136 e. The highest BCUT2D eigenvalue weighted by Gasteiger charge is 2.41. The molecule has 1 aromatic heterocycles. The van der Waals surface area contributed by atoms with Crippen LogP contribution < -0.4 is 10.6 Å². The Balaban J connectivity index is 1.68. The van der Waals surface area contributed by atoms with Gasteiger partial charge in [0, 0.05) is 24.1 Å². The van der Waals surface area contributed by atoms with Gasteiger partial charge < -0.3 is 15.7 Å². The van der Waals surface area contributed by atoms with Crippen LogP contribution in [-0.2, 0) is 0 Å². The number of nitrogen functional groups attached to an aromatic ring is 1. The molecule has 2 unspecified atom stereocenters. The molecule has 2 aliphatic heterocycles. The van der Waals surface area contributed by atoms with Crippen molar-refractivity contribution in [2.75, 3.05) is 10.6 Å². The second-order valence-electron chi connectivity index (χ2n) is 6.20. The van der Waals surface area contributed by atoms with Gasteiger partial charge in [-0.25, -0.2) is 9.97 Å². The molecule has 0 aromatic carbocycles. The molecule has 2 bridgehead atoms. The van der Waals surface area contributed by atoms with E-state index in [9.17, 15) is 5.11 Å². The first-order chi connectivity index (χ1) is 9.20. The van der Waals surface area contributed by atoms with Gasteiger partial charge in [-0.05, 0) is 38.5 Å². The summed E-state index contributed by atoms with van der Waals surface area (Å²) in [5.41, 5.74) is 5.94. The molecule has 0 amide bonds. The molecule has 1 aliphatic carbocycles. The topological polar surface area (TPSA) is 75.3 Å². The summed E-state index contributed by atoms with van der Waals surface area (Å²) in [5.74, 6) is 3.00. The van der Waals surface area contributed by atoms with Crippen LogP contribution in [0.15, 0.2) is 6.07 Å². The summed E-state index contributed by atoms with van der Waals surface area (Å²) < 4.78 is 0. The van der Waals surface area contributed by atoms with E-state index in [1.54, 1.807) is 0 Å². The minimum atomic E-state index is -0.143. The fourth-order valence-corrected chi connectivity index (χ4v) is 3.65. The van der Waals surface area contributed by atoms with Gasteiger partial charge in [0.05, 0.1) is 6.10 Å². The molecule has 2 atom stereocenters. The zero-order chi connectivity index (χ0) is 13.0. The quantitative estimate of drug-likeness (QED) is 0.841. The lowest BCUT2D eigenvalue weighted by Crippen LogP contribution is -2.45. The molecule has 19 heavy (non-hydrogen) atoms. The van der Waals surface area contributed by atoms with Crippen LogP contribution >= 0.6 is 0 Å². The third-order valence-corrected chi connectivity index (χ3v) is 4.66.